The van der Waals surface area contributed by atoms with Gasteiger partial charge in [0.25, 0.3) is 0 Å². The molecule has 0 spiro atoms. The van der Waals surface area contributed by atoms with Crippen LogP contribution in [0, 0.1) is 6.92 Å². The van der Waals surface area contributed by atoms with Crippen LogP contribution in [0.2, 0.25) is 0 Å². The molecular formula is C13H19N3O2. The lowest BCUT2D eigenvalue weighted by atomic mass is 10.0. The highest BCUT2D eigenvalue weighted by atomic mass is 16.3. The number of aliphatic hydroxyl groups excluding tert-OH is 2. The quantitative estimate of drug-likeness (QED) is 0.738. The van der Waals surface area contributed by atoms with Crippen molar-refractivity contribution >= 4 is 11.0 Å². The number of likely N-dealkylation sites (N-methyl/N-ethyl adjacent to an activating group) is 1. The molecule has 0 saturated carbocycles. The summed E-state index contributed by atoms with van der Waals surface area (Å²) in [5.41, 5.74) is 2.54. The lowest BCUT2D eigenvalue weighted by molar-refractivity contribution is 0.0203. The van der Waals surface area contributed by atoms with E-state index in [-0.39, 0.29) is 0 Å². The fourth-order valence-electron chi connectivity index (χ4n) is 2.06. The molecule has 1 aromatic carbocycles. The van der Waals surface area contributed by atoms with Crippen LogP contribution in [0.3, 0.4) is 0 Å². The molecule has 2 unspecified atom stereocenters. The number of fused-ring (bicyclic) bond motifs is 1. The Morgan fingerprint density at radius 3 is 2.78 bits per heavy atom. The smallest absolute Gasteiger partial charge is 0.106 e. The van der Waals surface area contributed by atoms with E-state index in [0.717, 1.165) is 16.9 Å². The maximum absolute atomic E-state index is 10.0. The lowest BCUT2D eigenvalue weighted by Crippen LogP contribution is -2.29. The van der Waals surface area contributed by atoms with Crippen molar-refractivity contribution in [3.05, 3.63) is 29.6 Å². The van der Waals surface area contributed by atoms with Crippen LogP contribution in [0.15, 0.2) is 18.2 Å². The maximum atomic E-state index is 10.0. The summed E-state index contributed by atoms with van der Waals surface area (Å²) < 4.78 is 2.00. The fourth-order valence-corrected chi connectivity index (χ4v) is 2.06. The second-order valence-corrected chi connectivity index (χ2v) is 4.54. The molecule has 0 aliphatic heterocycles. The summed E-state index contributed by atoms with van der Waals surface area (Å²) in [5.74, 6) is 0.924. The molecule has 5 nitrogen and oxygen atoms in total. The summed E-state index contributed by atoms with van der Waals surface area (Å²) in [6.07, 6.45) is -1.72. The molecule has 0 radical (unpaired) electrons. The zero-order chi connectivity index (χ0) is 13.3. The molecule has 5 heteroatoms. The van der Waals surface area contributed by atoms with Crippen LogP contribution in [0.1, 0.15) is 17.5 Å². The highest BCUT2D eigenvalue weighted by Crippen LogP contribution is 2.22. The predicted molar refractivity (Wildman–Crippen MR) is 70.3 cm³/mol. The molecule has 18 heavy (non-hydrogen) atoms. The van der Waals surface area contributed by atoms with Gasteiger partial charge in [-0.3, -0.25) is 0 Å². The zero-order valence-electron chi connectivity index (χ0n) is 10.9. The average Bonchev–Trinajstić information content (AvgIpc) is 2.64. The van der Waals surface area contributed by atoms with Gasteiger partial charge in [0.1, 0.15) is 11.9 Å². The zero-order valence-corrected chi connectivity index (χ0v) is 10.9. The Morgan fingerprint density at radius 1 is 1.39 bits per heavy atom. The molecule has 1 heterocycles. The van der Waals surface area contributed by atoms with E-state index in [1.165, 1.54) is 0 Å². The van der Waals surface area contributed by atoms with E-state index in [0.29, 0.717) is 12.1 Å². The van der Waals surface area contributed by atoms with Gasteiger partial charge in [-0.2, -0.15) is 0 Å². The van der Waals surface area contributed by atoms with E-state index >= 15 is 0 Å². The first-order valence-electron chi connectivity index (χ1n) is 5.98. The van der Waals surface area contributed by atoms with E-state index in [4.69, 9.17) is 0 Å². The molecule has 2 rings (SSSR count). The first-order valence-corrected chi connectivity index (χ1v) is 5.98. The number of benzene rings is 1. The monoisotopic (exact) mass is 249 g/mol. The molecule has 0 aliphatic rings. The van der Waals surface area contributed by atoms with Gasteiger partial charge in [-0.05, 0) is 31.7 Å². The van der Waals surface area contributed by atoms with Crippen molar-refractivity contribution < 1.29 is 10.2 Å². The van der Waals surface area contributed by atoms with Gasteiger partial charge in [-0.15, -0.1) is 0 Å². The molecule has 2 atom stereocenters. The summed E-state index contributed by atoms with van der Waals surface area (Å²) in [5, 5.41) is 22.6. The van der Waals surface area contributed by atoms with E-state index in [2.05, 4.69) is 10.3 Å². The van der Waals surface area contributed by atoms with Gasteiger partial charge >= 0.3 is 0 Å². The minimum atomic E-state index is -0.899. The molecule has 98 valence electrons. The van der Waals surface area contributed by atoms with Crippen LogP contribution in [-0.2, 0) is 7.05 Å². The van der Waals surface area contributed by atoms with Crippen LogP contribution in [0.25, 0.3) is 11.0 Å². The molecule has 0 aliphatic carbocycles. The first kappa shape index (κ1) is 13.0. The number of hydrogen-bond donors (Lipinski definition) is 3. The predicted octanol–water partition coefficient (Wildman–Crippen LogP) is 0.495. The van der Waals surface area contributed by atoms with Gasteiger partial charge < -0.3 is 20.1 Å². The second kappa shape index (κ2) is 5.06. The van der Waals surface area contributed by atoms with Gasteiger partial charge in [0.15, 0.2) is 0 Å². The van der Waals surface area contributed by atoms with Gasteiger partial charge in [0.05, 0.1) is 17.1 Å². The molecule has 1 aromatic heterocycles. The van der Waals surface area contributed by atoms with E-state index in [9.17, 15) is 10.2 Å². The number of aromatic nitrogens is 2. The molecule has 0 bridgehead atoms. The van der Waals surface area contributed by atoms with E-state index < -0.39 is 12.2 Å². The molecule has 3 N–H and O–H groups in total. The van der Waals surface area contributed by atoms with Gasteiger partial charge in [-0.1, -0.05) is 6.07 Å². The van der Waals surface area contributed by atoms with Gasteiger partial charge in [-0.25, -0.2) is 4.98 Å². The lowest BCUT2D eigenvalue weighted by Gasteiger charge is -2.17. The molecule has 0 amide bonds. The maximum Gasteiger partial charge on any atom is 0.106 e. The standard InChI is InChI=1S/C13H19N3O2/c1-8-15-10-6-9(4-5-11(10)16(8)3)13(18)12(17)7-14-2/h4-6,12-14,17-18H,7H2,1-3H3. The Hall–Kier alpha value is -1.43. The largest absolute Gasteiger partial charge is 0.389 e. The summed E-state index contributed by atoms with van der Waals surface area (Å²) in [4.78, 5) is 4.42. The van der Waals surface area contributed by atoms with Crippen molar-refractivity contribution in [3.63, 3.8) is 0 Å². The van der Waals surface area contributed by atoms with Crippen molar-refractivity contribution in [2.45, 2.75) is 19.1 Å². The van der Waals surface area contributed by atoms with Crippen molar-refractivity contribution in [2.75, 3.05) is 13.6 Å². The van der Waals surface area contributed by atoms with Crippen LogP contribution in [0.4, 0.5) is 0 Å². The topological polar surface area (TPSA) is 70.3 Å². The normalized spacial score (nSPS) is 14.9. The number of aryl methyl sites for hydroxylation is 2. The second-order valence-electron chi connectivity index (χ2n) is 4.54. The summed E-state index contributed by atoms with van der Waals surface area (Å²) in [6, 6.07) is 5.57. The SMILES string of the molecule is CNCC(O)C(O)c1ccc2c(c1)nc(C)n2C. The minimum Gasteiger partial charge on any atom is -0.389 e. The van der Waals surface area contributed by atoms with Gasteiger partial charge in [0, 0.05) is 13.6 Å². The summed E-state index contributed by atoms with van der Waals surface area (Å²) >= 11 is 0. The summed E-state index contributed by atoms with van der Waals surface area (Å²) in [7, 11) is 3.69. The van der Waals surface area contributed by atoms with Crippen LogP contribution < -0.4 is 5.32 Å². The van der Waals surface area contributed by atoms with Crippen molar-refractivity contribution in [1.82, 2.24) is 14.9 Å². The van der Waals surface area contributed by atoms with Crippen molar-refractivity contribution in [1.29, 1.82) is 0 Å². The van der Waals surface area contributed by atoms with E-state index in [1.807, 2.05) is 36.7 Å². The van der Waals surface area contributed by atoms with Crippen molar-refractivity contribution in [3.8, 4) is 0 Å². The minimum absolute atomic E-state index is 0.348. The Bertz CT molecular complexity index is 550. The van der Waals surface area contributed by atoms with Crippen LogP contribution in [-0.4, -0.2) is 39.5 Å². The number of aliphatic hydroxyl groups is 2. The van der Waals surface area contributed by atoms with Gasteiger partial charge in [0.2, 0.25) is 0 Å². The third-order valence-corrected chi connectivity index (χ3v) is 3.25. The van der Waals surface area contributed by atoms with E-state index in [1.54, 1.807) is 7.05 Å². The Balaban J connectivity index is 2.35. The number of nitrogens with one attached hydrogen (secondary N) is 1. The number of rotatable bonds is 4. The number of imidazole rings is 1. The highest BCUT2D eigenvalue weighted by molar-refractivity contribution is 5.76. The number of nitrogens with zero attached hydrogens (tertiary/aromatic N) is 2. The molecule has 0 saturated heterocycles. The third-order valence-electron chi connectivity index (χ3n) is 3.25. The molecule has 2 aromatic rings. The summed E-state index contributed by atoms with van der Waals surface area (Å²) in [6.45, 7) is 2.28. The van der Waals surface area contributed by atoms with Crippen LogP contribution in [0.5, 0.6) is 0 Å². The highest BCUT2D eigenvalue weighted by Gasteiger charge is 2.18. The fraction of sp³-hybridized carbons (Fsp3) is 0.462. The Morgan fingerprint density at radius 2 is 2.11 bits per heavy atom. The average molecular weight is 249 g/mol. The first-order chi connectivity index (χ1) is 8.54. The van der Waals surface area contributed by atoms with Crippen LogP contribution >= 0.6 is 0 Å². The van der Waals surface area contributed by atoms with Crippen molar-refractivity contribution in [2.24, 2.45) is 7.05 Å². The molecular weight excluding hydrogens is 230 g/mol. The number of hydrogen-bond acceptors (Lipinski definition) is 4. The Kier molecular flexibility index (Phi) is 3.65. The Labute approximate surface area is 106 Å². The molecule has 0 fully saturated rings. The third kappa shape index (κ3) is 2.25.